The van der Waals surface area contributed by atoms with E-state index in [1.165, 1.54) is 6.26 Å². The molecule has 1 atom stereocenters. The molecule has 0 spiro atoms. The highest BCUT2D eigenvalue weighted by Crippen LogP contribution is 2.38. The molecule has 3 aromatic rings. The van der Waals surface area contributed by atoms with Gasteiger partial charge >= 0.3 is 0 Å². The van der Waals surface area contributed by atoms with Gasteiger partial charge in [-0.3, -0.25) is 4.79 Å². The summed E-state index contributed by atoms with van der Waals surface area (Å²) in [6.45, 7) is 1.83. The Hall–Kier alpha value is -3.17. The zero-order chi connectivity index (χ0) is 22.5. The highest BCUT2D eigenvalue weighted by Gasteiger charge is 2.26. The molecule has 0 aliphatic heterocycles. The number of thioether (sulfide) groups is 1. The van der Waals surface area contributed by atoms with Crippen LogP contribution in [0.25, 0.3) is 11.3 Å². The molecule has 3 N–H and O–H groups in total. The molecule has 0 saturated carbocycles. The first-order chi connectivity index (χ1) is 14.9. The standard InChI is InChI=1S/C21H15Cl2N5O2S/c1-2-17(20(29)27-13-7-11(22)6-12(23)8-13)31-21-15(10-25)18(16-4-3-5-30-16)14(9-24)19(26)28-21/h3-8,17H,2H2,1H3,(H2,26,28)(H,27,29). The van der Waals surface area contributed by atoms with E-state index in [1.807, 2.05) is 13.0 Å². The quantitative estimate of drug-likeness (QED) is 0.454. The van der Waals surface area contributed by atoms with Gasteiger partial charge in [0.2, 0.25) is 5.91 Å². The fourth-order valence-corrected chi connectivity index (χ4v) is 4.40. The van der Waals surface area contributed by atoms with Gasteiger partial charge in [-0.25, -0.2) is 4.98 Å². The lowest BCUT2D eigenvalue weighted by molar-refractivity contribution is -0.115. The predicted octanol–water partition coefficient (Wildman–Crippen LogP) is 5.48. The summed E-state index contributed by atoms with van der Waals surface area (Å²) in [5.74, 6) is -0.0543. The van der Waals surface area contributed by atoms with Gasteiger partial charge < -0.3 is 15.5 Å². The molecule has 0 fully saturated rings. The zero-order valence-corrected chi connectivity index (χ0v) is 18.5. The van der Waals surface area contributed by atoms with Crippen LogP contribution >= 0.6 is 35.0 Å². The van der Waals surface area contributed by atoms with E-state index in [-0.39, 0.29) is 33.4 Å². The van der Waals surface area contributed by atoms with Crippen LogP contribution < -0.4 is 11.1 Å². The number of anilines is 2. The monoisotopic (exact) mass is 471 g/mol. The lowest BCUT2D eigenvalue weighted by Gasteiger charge is -2.17. The summed E-state index contributed by atoms with van der Waals surface area (Å²) < 4.78 is 5.40. The molecule has 2 heterocycles. The number of pyridine rings is 1. The number of furan rings is 1. The minimum absolute atomic E-state index is 0.0434. The molecule has 2 aromatic heterocycles. The largest absolute Gasteiger partial charge is 0.464 e. The topological polar surface area (TPSA) is 129 Å². The second-order valence-corrected chi connectivity index (χ2v) is 8.35. The molecule has 1 unspecified atom stereocenters. The van der Waals surface area contributed by atoms with Crippen LogP contribution in [0.1, 0.15) is 24.5 Å². The smallest absolute Gasteiger partial charge is 0.237 e. The Balaban J connectivity index is 1.97. The van der Waals surface area contributed by atoms with E-state index in [2.05, 4.69) is 16.4 Å². The van der Waals surface area contributed by atoms with Crippen LogP contribution in [-0.2, 0) is 4.79 Å². The van der Waals surface area contributed by atoms with Gasteiger partial charge in [0.05, 0.1) is 22.6 Å². The van der Waals surface area contributed by atoms with Crippen LogP contribution in [0.4, 0.5) is 11.5 Å². The molecular weight excluding hydrogens is 457 g/mol. The van der Waals surface area contributed by atoms with Gasteiger partial charge in [0, 0.05) is 15.7 Å². The van der Waals surface area contributed by atoms with Crippen molar-refractivity contribution >= 4 is 52.4 Å². The number of hydrogen-bond donors (Lipinski definition) is 2. The fraction of sp³-hybridized carbons (Fsp3) is 0.143. The van der Waals surface area contributed by atoms with E-state index in [1.54, 1.807) is 30.3 Å². The number of nitrogens with two attached hydrogens (primary N) is 1. The van der Waals surface area contributed by atoms with Gasteiger partial charge in [-0.15, -0.1) is 0 Å². The first-order valence-electron chi connectivity index (χ1n) is 8.99. The van der Waals surface area contributed by atoms with E-state index >= 15 is 0 Å². The Kier molecular flexibility index (Phi) is 7.09. The number of aromatic nitrogens is 1. The highest BCUT2D eigenvalue weighted by molar-refractivity contribution is 8.00. The molecule has 10 heteroatoms. The molecule has 0 aliphatic rings. The van der Waals surface area contributed by atoms with Gasteiger partial charge in [-0.2, -0.15) is 10.5 Å². The first kappa shape index (κ1) is 22.5. The molecule has 31 heavy (non-hydrogen) atoms. The average Bonchev–Trinajstić information content (AvgIpc) is 3.25. The number of benzene rings is 1. The third-order valence-corrected chi connectivity index (χ3v) is 6.02. The molecule has 1 amide bonds. The second kappa shape index (κ2) is 9.76. The van der Waals surface area contributed by atoms with Crippen molar-refractivity contribution in [3.05, 3.63) is 57.8 Å². The summed E-state index contributed by atoms with van der Waals surface area (Å²) in [5, 5.41) is 22.5. The van der Waals surface area contributed by atoms with Crippen LogP contribution in [0.5, 0.6) is 0 Å². The number of halogens is 2. The van der Waals surface area contributed by atoms with Crippen molar-refractivity contribution in [1.29, 1.82) is 10.5 Å². The number of nitrogens with one attached hydrogen (secondary N) is 1. The number of amides is 1. The van der Waals surface area contributed by atoms with Gasteiger partial charge in [-0.05, 0) is 36.8 Å². The normalized spacial score (nSPS) is 11.4. The molecule has 7 nitrogen and oxygen atoms in total. The fourth-order valence-electron chi connectivity index (χ4n) is 2.86. The number of carbonyl (C=O) groups is 1. The molecule has 0 aliphatic carbocycles. The summed E-state index contributed by atoms with van der Waals surface area (Å²) >= 11 is 13.1. The van der Waals surface area contributed by atoms with E-state index in [4.69, 9.17) is 33.4 Å². The first-order valence-corrected chi connectivity index (χ1v) is 10.6. The van der Waals surface area contributed by atoms with Crippen molar-refractivity contribution in [2.75, 3.05) is 11.1 Å². The average molecular weight is 472 g/mol. The van der Waals surface area contributed by atoms with Crippen molar-refractivity contribution in [1.82, 2.24) is 4.98 Å². The van der Waals surface area contributed by atoms with Crippen LogP contribution in [0.3, 0.4) is 0 Å². The second-order valence-electron chi connectivity index (χ2n) is 6.29. The maximum absolute atomic E-state index is 12.9. The van der Waals surface area contributed by atoms with E-state index in [0.29, 0.717) is 27.9 Å². The van der Waals surface area contributed by atoms with E-state index < -0.39 is 5.25 Å². The van der Waals surface area contributed by atoms with Gasteiger partial charge in [-0.1, -0.05) is 41.9 Å². The van der Waals surface area contributed by atoms with Gasteiger partial charge in [0.15, 0.2) is 0 Å². The zero-order valence-electron chi connectivity index (χ0n) is 16.1. The molecule has 0 radical (unpaired) electrons. The predicted molar refractivity (Wildman–Crippen MR) is 121 cm³/mol. The van der Waals surface area contributed by atoms with Crippen molar-refractivity contribution in [3.8, 4) is 23.5 Å². The van der Waals surface area contributed by atoms with Crippen LogP contribution in [0.15, 0.2) is 46.0 Å². The molecule has 156 valence electrons. The minimum atomic E-state index is -0.603. The number of carbonyl (C=O) groups excluding carboxylic acids is 1. The molecule has 0 saturated heterocycles. The Morgan fingerprint density at radius 1 is 1.26 bits per heavy atom. The van der Waals surface area contributed by atoms with E-state index in [0.717, 1.165) is 11.8 Å². The van der Waals surface area contributed by atoms with Gasteiger partial charge in [0.1, 0.15) is 34.3 Å². The third kappa shape index (κ3) is 4.95. The lowest BCUT2D eigenvalue weighted by Crippen LogP contribution is -2.25. The molecular formula is C21H15Cl2N5O2S. The van der Waals surface area contributed by atoms with Crippen molar-refractivity contribution in [3.63, 3.8) is 0 Å². The van der Waals surface area contributed by atoms with Crippen LogP contribution in [-0.4, -0.2) is 16.1 Å². The van der Waals surface area contributed by atoms with Crippen molar-refractivity contribution < 1.29 is 9.21 Å². The number of nitrogens with zero attached hydrogens (tertiary/aromatic N) is 3. The van der Waals surface area contributed by atoms with E-state index in [9.17, 15) is 15.3 Å². The Labute approximate surface area is 192 Å². The Morgan fingerprint density at radius 2 is 1.94 bits per heavy atom. The summed E-state index contributed by atoms with van der Waals surface area (Å²) in [5.41, 5.74) is 6.84. The maximum atomic E-state index is 12.9. The SMILES string of the molecule is CCC(Sc1nc(N)c(C#N)c(-c2ccco2)c1C#N)C(=O)Nc1cc(Cl)cc(Cl)c1. The summed E-state index contributed by atoms with van der Waals surface area (Å²) in [7, 11) is 0. The summed E-state index contributed by atoms with van der Waals surface area (Å²) in [4.78, 5) is 17.1. The number of hydrogen-bond acceptors (Lipinski definition) is 7. The Morgan fingerprint density at radius 3 is 2.48 bits per heavy atom. The third-order valence-electron chi connectivity index (χ3n) is 4.23. The van der Waals surface area contributed by atoms with Crippen molar-refractivity contribution in [2.45, 2.75) is 23.6 Å². The lowest BCUT2D eigenvalue weighted by atomic mass is 10.0. The highest BCUT2D eigenvalue weighted by atomic mass is 35.5. The number of nitrogen functional groups attached to an aromatic ring is 1. The van der Waals surface area contributed by atoms with Crippen LogP contribution in [0.2, 0.25) is 10.0 Å². The molecule has 1 aromatic carbocycles. The van der Waals surface area contributed by atoms with Crippen molar-refractivity contribution in [2.24, 2.45) is 0 Å². The van der Waals surface area contributed by atoms with Gasteiger partial charge in [0.25, 0.3) is 0 Å². The summed E-state index contributed by atoms with van der Waals surface area (Å²) in [6, 6.07) is 12.0. The molecule has 3 rings (SSSR count). The number of nitriles is 2. The maximum Gasteiger partial charge on any atom is 0.237 e. The summed E-state index contributed by atoms with van der Waals surface area (Å²) in [6.07, 6.45) is 1.87. The van der Waals surface area contributed by atoms with Crippen LogP contribution in [0, 0.1) is 22.7 Å². The minimum Gasteiger partial charge on any atom is -0.464 e. The Bertz CT molecular complexity index is 1200. The number of rotatable bonds is 6. The molecule has 0 bridgehead atoms.